The molecule has 1 saturated heterocycles. The first-order valence-corrected chi connectivity index (χ1v) is 7.86. The molecular formula is C17H23FN2O2. The lowest BCUT2D eigenvalue weighted by Gasteiger charge is -2.27. The molecule has 1 aromatic carbocycles. The van der Waals surface area contributed by atoms with Gasteiger partial charge < -0.3 is 10.2 Å². The molecule has 1 fully saturated rings. The van der Waals surface area contributed by atoms with E-state index in [-0.39, 0.29) is 30.1 Å². The number of carbonyl (C=O) groups excluding carboxylic acids is 2. The van der Waals surface area contributed by atoms with Gasteiger partial charge in [-0.15, -0.1) is 0 Å². The molecule has 1 N–H and O–H groups in total. The summed E-state index contributed by atoms with van der Waals surface area (Å²) >= 11 is 0. The number of hydrogen-bond acceptors (Lipinski definition) is 2. The Morgan fingerprint density at radius 2 is 1.82 bits per heavy atom. The summed E-state index contributed by atoms with van der Waals surface area (Å²) < 4.78 is 12.8. The molecule has 5 heteroatoms. The van der Waals surface area contributed by atoms with Crippen LogP contribution in [0.15, 0.2) is 24.3 Å². The second-order valence-corrected chi connectivity index (χ2v) is 5.89. The minimum atomic E-state index is -0.284. The van der Waals surface area contributed by atoms with Crippen LogP contribution in [0.2, 0.25) is 0 Å². The van der Waals surface area contributed by atoms with Crippen molar-refractivity contribution in [2.24, 2.45) is 5.92 Å². The lowest BCUT2D eigenvalue weighted by Crippen LogP contribution is -2.43. The van der Waals surface area contributed by atoms with Gasteiger partial charge in [-0.05, 0) is 43.4 Å². The number of nitrogens with zero attached hydrogens (tertiary/aromatic N) is 1. The molecule has 2 rings (SSSR count). The molecule has 1 aliphatic rings. The van der Waals surface area contributed by atoms with Gasteiger partial charge >= 0.3 is 0 Å². The number of piperidine rings is 1. The Bertz CT molecular complexity index is 510. The maximum atomic E-state index is 12.8. The molecule has 1 aromatic rings. The number of amides is 2. The molecule has 2 amide bonds. The van der Waals surface area contributed by atoms with Gasteiger partial charge in [-0.3, -0.25) is 9.59 Å². The minimum absolute atomic E-state index is 0.0120. The van der Waals surface area contributed by atoms with Crippen molar-refractivity contribution in [1.82, 2.24) is 10.2 Å². The van der Waals surface area contributed by atoms with Crippen LogP contribution in [0, 0.1) is 11.7 Å². The largest absolute Gasteiger partial charge is 0.347 e. The Hall–Kier alpha value is -1.91. The fourth-order valence-corrected chi connectivity index (χ4v) is 2.66. The molecule has 1 heterocycles. The summed E-state index contributed by atoms with van der Waals surface area (Å²) in [6, 6.07) is 6.13. The maximum Gasteiger partial charge on any atom is 0.241 e. The Balaban J connectivity index is 1.76. The van der Waals surface area contributed by atoms with E-state index in [0.717, 1.165) is 31.5 Å². The highest BCUT2D eigenvalue weighted by Crippen LogP contribution is 2.11. The van der Waals surface area contributed by atoms with Crippen molar-refractivity contribution in [3.8, 4) is 0 Å². The molecule has 1 atom stereocenters. The predicted molar refractivity (Wildman–Crippen MR) is 82.7 cm³/mol. The van der Waals surface area contributed by atoms with Crippen LogP contribution in [0.4, 0.5) is 4.39 Å². The third kappa shape index (κ3) is 4.83. The highest BCUT2D eigenvalue weighted by Gasteiger charge is 2.19. The van der Waals surface area contributed by atoms with Crippen molar-refractivity contribution in [3.63, 3.8) is 0 Å². The summed E-state index contributed by atoms with van der Waals surface area (Å²) in [6.07, 6.45) is 3.79. The zero-order valence-electron chi connectivity index (χ0n) is 13.0. The van der Waals surface area contributed by atoms with E-state index in [0.29, 0.717) is 6.42 Å². The Morgan fingerprint density at radius 1 is 1.18 bits per heavy atom. The molecule has 1 aliphatic heterocycles. The molecule has 4 nitrogen and oxygen atoms in total. The molecule has 0 aliphatic carbocycles. The van der Waals surface area contributed by atoms with Crippen LogP contribution in [0.3, 0.4) is 0 Å². The van der Waals surface area contributed by atoms with Crippen molar-refractivity contribution in [2.45, 2.75) is 32.6 Å². The second kappa shape index (κ2) is 7.92. The number of halogens is 1. The standard InChI is InChI=1S/C17H23FN2O2/c1-13(11-14-5-7-15(18)8-6-14)17(22)19-12-16(21)20-9-3-2-4-10-20/h5-8,13H,2-4,9-12H2,1H3,(H,19,22). The Morgan fingerprint density at radius 3 is 2.45 bits per heavy atom. The zero-order valence-corrected chi connectivity index (χ0v) is 13.0. The fourth-order valence-electron chi connectivity index (χ4n) is 2.66. The summed E-state index contributed by atoms with van der Waals surface area (Å²) in [6.45, 7) is 3.45. The van der Waals surface area contributed by atoms with Gasteiger partial charge in [0, 0.05) is 19.0 Å². The third-order valence-electron chi connectivity index (χ3n) is 4.03. The smallest absolute Gasteiger partial charge is 0.241 e. The van der Waals surface area contributed by atoms with Crippen molar-refractivity contribution >= 4 is 11.8 Å². The lowest BCUT2D eigenvalue weighted by molar-refractivity contribution is -0.134. The summed E-state index contributed by atoms with van der Waals surface area (Å²) in [5.74, 6) is -0.690. The Labute approximate surface area is 130 Å². The van der Waals surface area contributed by atoms with E-state index in [9.17, 15) is 14.0 Å². The number of rotatable bonds is 5. The van der Waals surface area contributed by atoms with Crippen molar-refractivity contribution < 1.29 is 14.0 Å². The molecule has 0 radical (unpaired) electrons. The topological polar surface area (TPSA) is 49.4 Å². The highest BCUT2D eigenvalue weighted by molar-refractivity contribution is 5.85. The van der Waals surface area contributed by atoms with Gasteiger partial charge in [-0.1, -0.05) is 19.1 Å². The zero-order chi connectivity index (χ0) is 15.9. The van der Waals surface area contributed by atoms with Crippen LogP contribution < -0.4 is 5.32 Å². The normalized spacial score (nSPS) is 16.2. The average molecular weight is 306 g/mol. The van der Waals surface area contributed by atoms with E-state index in [1.807, 2.05) is 11.8 Å². The van der Waals surface area contributed by atoms with Gasteiger partial charge in [0.1, 0.15) is 5.82 Å². The van der Waals surface area contributed by atoms with E-state index in [4.69, 9.17) is 0 Å². The van der Waals surface area contributed by atoms with Gasteiger partial charge in [-0.25, -0.2) is 4.39 Å². The van der Waals surface area contributed by atoms with Gasteiger partial charge in [0.15, 0.2) is 0 Å². The minimum Gasteiger partial charge on any atom is -0.347 e. The SMILES string of the molecule is CC(Cc1ccc(F)cc1)C(=O)NCC(=O)N1CCCCC1. The molecular weight excluding hydrogens is 283 g/mol. The van der Waals surface area contributed by atoms with E-state index in [1.165, 1.54) is 18.6 Å². The van der Waals surface area contributed by atoms with E-state index < -0.39 is 0 Å². The fraction of sp³-hybridized carbons (Fsp3) is 0.529. The molecule has 22 heavy (non-hydrogen) atoms. The Kier molecular flexibility index (Phi) is 5.92. The molecule has 120 valence electrons. The van der Waals surface area contributed by atoms with E-state index >= 15 is 0 Å². The molecule has 0 saturated carbocycles. The maximum absolute atomic E-state index is 12.8. The summed E-state index contributed by atoms with van der Waals surface area (Å²) in [4.78, 5) is 25.9. The van der Waals surface area contributed by atoms with E-state index in [1.54, 1.807) is 12.1 Å². The van der Waals surface area contributed by atoms with Gasteiger partial charge in [0.25, 0.3) is 0 Å². The van der Waals surface area contributed by atoms with Gasteiger partial charge in [0.2, 0.25) is 11.8 Å². The third-order valence-corrected chi connectivity index (χ3v) is 4.03. The summed E-state index contributed by atoms with van der Waals surface area (Å²) in [5.41, 5.74) is 0.909. The molecule has 0 aromatic heterocycles. The number of nitrogens with one attached hydrogen (secondary N) is 1. The van der Waals surface area contributed by atoms with Gasteiger partial charge in [-0.2, -0.15) is 0 Å². The van der Waals surface area contributed by atoms with Crippen molar-refractivity contribution in [3.05, 3.63) is 35.6 Å². The molecule has 0 bridgehead atoms. The lowest BCUT2D eigenvalue weighted by atomic mass is 10.0. The number of carbonyl (C=O) groups is 2. The highest BCUT2D eigenvalue weighted by atomic mass is 19.1. The van der Waals surface area contributed by atoms with Crippen LogP contribution in [0.1, 0.15) is 31.7 Å². The second-order valence-electron chi connectivity index (χ2n) is 5.89. The van der Waals surface area contributed by atoms with Crippen molar-refractivity contribution in [2.75, 3.05) is 19.6 Å². The van der Waals surface area contributed by atoms with Gasteiger partial charge in [0.05, 0.1) is 6.54 Å². The van der Waals surface area contributed by atoms with Crippen LogP contribution in [0.5, 0.6) is 0 Å². The predicted octanol–water partition coefficient (Wildman–Crippen LogP) is 2.13. The number of likely N-dealkylation sites (tertiary alicyclic amines) is 1. The van der Waals surface area contributed by atoms with Crippen molar-refractivity contribution in [1.29, 1.82) is 0 Å². The first-order valence-electron chi connectivity index (χ1n) is 7.86. The number of hydrogen-bond donors (Lipinski definition) is 1. The summed E-state index contributed by atoms with van der Waals surface area (Å²) in [7, 11) is 0. The van der Waals surface area contributed by atoms with Crippen LogP contribution in [0.25, 0.3) is 0 Å². The number of benzene rings is 1. The monoisotopic (exact) mass is 306 g/mol. The first kappa shape index (κ1) is 16.5. The molecule has 1 unspecified atom stereocenters. The van der Waals surface area contributed by atoms with E-state index in [2.05, 4.69) is 5.32 Å². The van der Waals surface area contributed by atoms with Crippen LogP contribution in [-0.2, 0) is 16.0 Å². The first-order chi connectivity index (χ1) is 10.6. The van der Waals surface area contributed by atoms with Crippen LogP contribution in [-0.4, -0.2) is 36.3 Å². The average Bonchev–Trinajstić information content (AvgIpc) is 2.55. The quantitative estimate of drug-likeness (QED) is 0.906. The molecule has 0 spiro atoms. The summed E-state index contributed by atoms with van der Waals surface area (Å²) in [5, 5.41) is 2.71. The van der Waals surface area contributed by atoms with Crippen LogP contribution >= 0.6 is 0 Å².